The number of phenols is 1. The van der Waals surface area contributed by atoms with Gasteiger partial charge in [0.25, 0.3) is 0 Å². The second kappa shape index (κ2) is 6.56. The molecule has 1 rings (SSSR count). The Balaban J connectivity index is 3.18. The molecule has 7 N–H and O–H groups in total. The van der Waals surface area contributed by atoms with Crippen LogP contribution in [0.2, 0.25) is 5.02 Å². The molecule has 7 nitrogen and oxygen atoms in total. The number of halogens is 1. The van der Waals surface area contributed by atoms with E-state index in [0.717, 1.165) is 0 Å². The van der Waals surface area contributed by atoms with Gasteiger partial charge in [-0.1, -0.05) is 11.6 Å². The van der Waals surface area contributed by atoms with Crippen molar-refractivity contribution >= 4 is 23.5 Å². The van der Waals surface area contributed by atoms with Gasteiger partial charge in [-0.05, 0) is 12.1 Å². The van der Waals surface area contributed by atoms with Crippen LogP contribution in [-0.4, -0.2) is 27.3 Å². The average molecular weight is 303 g/mol. The smallest absolute Gasteiger partial charge is 0.305 e. The maximum Gasteiger partial charge on any atom is 0.305 e. The Kier molecular flexibility index (Phi) is 5.32. The highest BCUT2D eigenvalue weighted by molar-refractivity contribution is 6.30. The molecule has 2 atom stereocenters. The fourth-order valence-corrected chi connectivity index (χ4v) is 2.04. The molecule has 0 heterocycles. The normalized spacial score (nSPS) is 13.8. The predicted octanol–water partition coefficient (Wildman–Crippen LogP) is 0.995. The van der Waals surface area contributed by atoms with Crippen molar-refractivity contribution in [2.75, 3.05) is 0 Å². The number of hydrogen-bond acceptors (Lipinski definition) is 5. The molecule has 2 unspecified atom stereocenters. The Morgan fingerprint density at radius 3 is 1.70 bits per heavy atom. The molecule has 0 saturated carbocycles. The number of carboxylic acid groups (broad SMARTS) is 2. The van der Waals surface area contributed by atoms with E-state index in [9.17, 15) is 14.7 Å². The summed E-state index contributed by atoms with van der Waals surface area (Å²) in [6.45, 7) is 0. The van der Waals surface area contributed by atoms with Crippen LogP contribution in [0.3, 0.4) is 0 Å². The lowest BCUT2D eigenvalue weighted by atomic mass is 9.96. The number of nitrogens with two attached hydrogens (primary N) is 2. The van der Waals surface area contributed by atoms with E-state index in [0.29, 0.717) is 0 Å². The van der Waals surface area contributed by atoms with Gasteiger partial charge in [0, 0.05) is 28.2 Å². The predicted molar refractivity (Wildman–Crippen MR) is 71.5 cm³/mol. The minimum absolute atomic E-state index is 0.121. The molecule has 0 saturated heterocycles. The summed E-state index contributed by atoms with van der Waals surface area (Å²) in [6, 6.07) is 0.729. The Labute approximate surface area is 119 Å². The van der Waals surface area contributed by atoms with Crippen LogP contribution in [0.5, 0.6) is 5.75 Å². The Hall–Kier alpha value is -1.83. The number of benzene rings is 1. The number of aromatic hydroxyl groups is 1. The molecular formula is C12H15ClN2O5. The summed E-state index contributed by atoms with van der Waals surface area (Å²) >= 11 is 5.87. The number of phenolic OH excluding ortho intramolecular Hbond substituents is 1. The summed E-state index contributed by atoms with van der Waals surface area (Å²) in [5, 5.41) is 27.7. The van der Waals surface area contributed by atoms with E-state index in [2.05, 4.69) is 0 Å². The zero-order chi connectivity index (χ0) is 15.4. The third kappa shape index (κ3) is 4.09. The van der Waals surface area contributed by atoms with Gasteiger partial charge in [-0.3, -0.25) is 9.59 Å². The molecule has 0 aliphatic heterocycles. The first-order valence-corrected chi connectivity index (χ1v) is 6.07. The monoisotopic (exact) mass is 302 g/mol. The molecule has 0 bridgehead atoms. The Morgan fingerprint density at radius 1 is 1.05 bits per heavy atom. The van der Waals surface area contributed by atoms with Crippen molar-refractivity contribution in [2.24, 2.45) is 11.5 Å². The summed E-state index contributed by atoms with van der Waals surface area (Å²) in [4.78, 5) is 21.3. The van der Waals surface area contributed by atoms with Crippen LogP contribution in [0, 0.1) is 0 Å². The molecule has 8 heteroatoms. The van der Waals surface area contributed by atoms with Crippen molar-refractivity contribution in [1.82, 2.24) is 0 Å². The third-order valence-corrected chi connectivity index (χ3v) is 2.94. The first kappa shape index (κ1) is 16.2. The third-order valence-electron chi connectivity index (χ3n) is 2.72. The van der Waals surface area contributed by atoms with Gasteiger partial charge in [-0.2, -0.15) is 0 Å². The van der Waals surface area contributed by atoms with Gasteiger partial charge in [-0.25, -0.2) is 0 Å². The van der Waals surface area contributed by atoms with Crippen LogP contribution in [0.4, 0.5) is 0 Å². The fourth-order valence-electron chi connectivity index (χ4n) is 1.80. The molecule has 0 fully saturated rings. The number of rotatable bonds is 6. The molecule has 0 amide bonds. The lowest BCUT2D eigenvalue weighted by Gasteiger charge is -2.18. The minimum atomic E-state index is -1.13. The van der Waals surface area contributed by atoms with E-state index in [1.807, 2.05) is 0 Å². The van der Waals surface area contributed by atoms with Gasteiger partial charge in [0.2, 0.25) is 0 Å². The zero-order valence-electron chi connectivity index (χ0n) is 10.4. The largest absolute Gasteiger partial charge is 0.507 e. The minimum Gasteiger partial charge on any atom is -0.507 e. The van der Waals surface area contributed by atoms with Gasteiger partial charge in [0.05, 0.1) is 12.8 Å². The summed E-state index contributed by atoms with van der Waals surface area (Å²) < 4.78 is 0. The summed E-state index contributed by atoms with van der Waals surface area (Å²) in [7, 11) is 0. The van der Waals surface area contributed by atoms with Crippen molar-refractivity contribution < 1.29 is 24.9 Å². The molecule has 0 spiro atoms. The van der Waals surface area contributed by atoms with Crippen LogP contribution < -0.4 is 11.5 Å². The SMILES string of the molecule is NC(CC(=O)O)c1cc(Cl)cc(C(N)CC(=O)O)c1O. The Bertz CT molecular complexity index is 492. The zero-order valence-corrected chi connectivity index (χ0v) is 11.2. The average Bonchev–Trinajstić information content (AvgIpc) is 2.29. The second-order valence-corrected chi connectivity index (χ2v) is 4.78. The first-order valence-electron chi connectivity index (χ1n) is 5.69. The van der Waals surface area contributed by atoms with Crippen molar-refractivity contribution in [3.63, 3.8) is 0 Å². The molecule has 110 valence electrons. The van der Waals surface area contributed by atoms with Gasteiger partial charge in [-0.15, -0.1) is 0 Å². The highest BCUT2D eigenvalue weighted by atomic mass is 35.5. The molecule has 20 heavy (non-hydrogen) atoms. The van der Waals surface area contributed by atoms with E-state index in [4.69, 9.17) is 33.3 Å². The van der Waals surface area contributed by atoms with Gasteiger partial charge in [0.15, 0.2) is 0 Å². The molecule has 1 aromatic carbocycles. The van der Waals surface area contributed by atoms with Crippen molar-refractivity contribution in [3.05, 3.63) is 28.3 Å². The van der Waals surface area contributed by atoms with Crippen LogP contribution in [0.15, 0.2) is 12.1 Å². The van der Waals surface area contributed by atoms with Gasteiger partial charge < -0.3 is 26.8 Å². The maximum absolute atomic E-state index is 10.6. The van der Waals surface area contributed by atoms with Crippen molar-refractivity contribution in [2.45, 2.75) is 24.9 Å². The quantitative estimate of drug-likeness (QED) is 0.526. The van der Waals surface area contributed by atoms with E-state index in [1.54, 1.807) is 0 Å². The molecule has 0 aliphatic rings. The number of aliphatic carboxylic acids is 2. The maximum atomic E-state index is 10.6. The summed E-state index contributed by atoms with van der Waals surface area (Å²) in [5.74, 6) is -2.58. The van der Waals surface area contributed by atoms with Crippen LogP contribution in [0.1, 0.15) is 36.1 Å². The van der Waals surface area contributed by atoms with E-state index >= 15 is 0 Å². The summed E-state index contributed by atoms with van der Waals surface area (Å²) in [5.41, 5.74) is 11.6. The second-order valence-electron chi connectivity index (χ2n) is 4.34. The summed E-state index contributed by atoms with van der Waals surface area (Å²) in [6.07, 6.45) is -0.803. The number of carbonyl (C=O) groups is 2. The van der Waals surface area contributed by atoms with Crippen LogP contribution in [-0.2, 0) is 9.59 Å². The highest BCUT2D eigenvalue weighted by Crippen LogP contribution is 2.35. The Morgan fingerprint density at radius 2 is 1.40 bits per heavy atom. The van der Waals surface area contributed by atoms with Gasteiger partial charge in [0.1, 0.15) is 5.75 Å². The molecular weight excluding hydrogens is 288 g/mol. The lowest BCUT2D eigenvalue weighted by molar-refractivity contribution is -0.138. The molecule has 0 aliphatic carbocycles. The van der Waals surface area contributed by atoms with E-state index in [-0.39, 0.29) is 21.9 Å². The first-order chi connectivity index (χ1) is 9.22. The topological polar surface area (TPSA) is 147 Å². The van der Waals surface area contributed by atoms with Crippen molar-refractivity contribution in [3.8, 4) is 5.75 Å². The van der Waals surface area contributed by atoms with Crippen LogP contribution in [0.25, 0.3) is 0 Å². The van der Waals surface area contributed by atoms with Gasteiger partial charge >= 0.3 is 11.9 Å². The van der Waals surface area contributed by atoms with E-state index in [1.165, 1.54) is 12.1 Å². The molecule has 0 radical (unpaired) electrons. The highest BCUT2D eigenvalue weighted by Gasteiger charge is 2.22. The lowest BCUT2D eigenvalue weighted by Crippen LogP contribution is -2.18. The molecule has 0 aromatic heterocycles. The standard InChI is InChI=1S/C12H15ClN2O5/c13-5-1-6(8(14)3-10(16)17)12(20)7(2-5)9(15)4-11(18)19/h1-2,8-9,20H,3-4,14-15H2,(H,16,17)(H,18,19). The number of carboxylic acids is 2. The molecule has 1 aromatic rings. The number of hydrogen-bond donors (Lipinski definition) is 5. The fraction of sp³-hybridized carbons (Fsp3) is 0.333. The van der Waals surface area contributed by atoms with Crippen molar-refractivity contribution in [1.29, 1.82) is 0 Å². The van der Waals surface area contributed by atoms with E-state index < -0.39 is 36.9 Å². The van der Waals surface area contributed by atoms with Crippen LogP contribution >= 0.6 is 11.6 Å².